The first-order valence-electron chi connectivity index (χ1n) is 26.3. The van der Waals surface area contributed by atoms with Gasteiger partial charge in [0.05, 0.1) is 17.3 Å². The van der Waals surface area contributed by atoms with Gasteiger partial charge in [-0.15, -0.1) is 0 Å². The fourth-order valence-electron chi connectivity index (χ4n) is 12.5. The van der Waals surface area contributed by atoms with Crippen LogP contribution in [-0.4, -0.2) is 75.6 Å². The van der Waals surface area contributed by atoms with Crippen molar-refractivity contribution in [2.24, 2.45) is 40.4 Å². The fourth-order valence-corrected chi connectivity index (χ4v) is 12.5. The van der Waals surface area contributed by atoms with Crippen LogP contribution in [0.1, 0.15) is 223 Å². The zero-order valence-corrected chi connectivity index (χ0v) is 41.7. The lowest BCUT2D eigenvalue weighted by molar-refractivity contribution is -0.225. The van der Waals surface area contributed by atoms with Crippen LogP contribution in [0.5, 0.6) is 0 Å². The predicted octanol–water partition coefficient (Wildman–Crippen LogP) is 11.5. The maximum absolute atomic E-state index is 15.6. The van der Waals surface area contributed by atoms with Gasteiger partial charge in [0.15, 0.2) is 23.1 Å². The van der Waals surface area contributed by atoms with Crippen LogP contribution in [0.2, 0.25) is 0 Å². The van der Waals surface area contributed by atoms with Crippen molar-refractivity contribution in [1.29, 1.82) is 0 Å². The molecule has 1 saturated heterocycles. The van der Waals surface area contributed by atoms with Crippen molar-refractivity contribution in [3.05, 3.63) is 11.6 Å². The van der Waals surface area contributed by atoms with Gasteiger partial charge in [-0.3, -0.25) is 19.2 Å². The molecule has 0 aromatic heterocycles. The van der Waals surface area contributed by atoms with Gasteiger partial charge in [-0.05, 0) is 43.6 Å². The molecule has 3 saturated carbocycles. The first-order chi connectivity index (χ1) is 30.4. The van der Waals surface area contributed by atoms with E-state index in [-0.39, 0.29) is 43.5 Å². The van der Waals surface area contributed by atoms with Crippen LogP contribution in [0.4, 0.5) is 0 Å². The highest BCUT2D eigenvalue weighted by molar-refractivity contribution is 5.95. The van der Waals surface area contributed by atoms with Crippen molar-refractivity contribution in [3.63, 3.8) is 0 Å². The van der Waals surface area contributed by atoms with Crippen molar-refractivity contribution >= 4 is 23.7 Å². The van der Waals surface area contributed by atoms with E-state index in [0.29, 0.717) is 12.0 Å². The van der Waals surface area contributed by atoms with E-state index in [1.165, 1.54) is 89.9 Å². The minimum atomic E-state index is -2.35. The molecule has 0 amide bonds. The van der Waals surface area contributed by atoms with Crippen molar-refractivity contribution in [1.82, 2.24) is 0 Å². The molecule has 366 valence electrons. The van der Waals surface area contributed by atoms with E-state index < -0.39 is 81.6 Å². The zero-order valence-electron chi connectivity index (χ0n) is 41.7. The minimum Gasteiger partial charge on any atom is -0.462 e. The Morgan fingerprint density at radius 1 is 0.766 bits per heavy atom. The molecule has 5 rings (SSSR count). The number of carbonyl (C=O) groups excluding carboxylic acids is 4. The molecule has 64 heavy (non-hydrogen) atoms. The summed E-state index contributed by atoms with van der Waals surface area (Å²) in [5, 5.41) is 26.1. The zero-order chi connectivity index (χ0) is 46.9. The quantitative estimate of drug-likeness (QED) is 0.0235. The predicted molar refractivity (Wildman–Crippen MR) is 250 cm³/mol. The summed E-state index contributed by atoms with van der Waals surface area (Å²) in [5.41, 5.74) is -6.88. The second-order valence-electron chi connectivity index (χ2n) is 22.1. The maximum atomic E-state index is 15.6. The number of Topliss-reactive ketones (excluding diaryl/α,β-unsaturated/α-hetero) is 1. The second-order valence-corrected chi connectivity index (χ2v) is 22.1. The monoisotopic (exact) mass is 899 g/mol. The largest absolute Gasteiger partial charge is 0.462 e. The number of rotatable bonds is 30. The Labute approximate surface area is 387 Å². The molecule has 0 aromatic rings. The Kier molecular flexibility index (Phi) is 18.7. The van der Waals surface area contributed by atoms with Crippen LogP contribution in [-0.2, 0) is 38.1 Å². The number of ketones is 1. The van der Waals surface area contributed by atoms with E-state index in [1.54, 1.807) is 19.9 Å². The van der Waals surface area contributed by atoms with E-state index in [0.717, 1.165) is 44.9 Å². The van der Waals surface area contributed by atoms with Crippen LogP contribution in [0, 0.1) is 40.4 Å². The molecular weight excluding hydrogens is 809 g/mol. The first-order valence-corrected chi connectivity index (χ1v) is 26.3. The lowest BCUT2D eigenvalue weighted by atomic mass is 9.58. The van der Waals surface area contributed by atoms with Gasteiger partial charge in [0, 0.05) is 24.2 Å². The molecule has 1 heterocycles. The van der Waals surface area contributed by atoms with Crippen molar-refractivity contribution in [2.75, 3.05) is 6.61 Å². The first kappa shape index (κ1) is 52.7. The number of unbranched alkanes of at least 4 members (excludes halogenated alkanes) is 20. The van der Waals surface area contributed by atoms with Crippen LogP contribution < -0.4 is 0 Å². The van der Waals surface area contributed by atoms with Gasteiger partial charge >= 0.3 is 17.9 Å². The molecule has 0 radical (unpaired) electrons. The molecule has 10 heteroatoms. The van der Waals surface area contributed by atoms with E-state index >= 15 is 4.79 Å². The number of hydrogen-bond donors (Lipinski definition) is 2. The summed E-state index contributed by atoms with van der Waals surface area (Å²) >= 11 is 0. The molecule has 2 bridgehead atoms. The number of aliphatic hydroxyl groups excluding tert-OH is 1. The van der Waals surface area contributed by atoms with Gasteiger partial charge in [-0.2, -0.15) is 0 Å². The molecule has 4 fully saturated rings. The molecule has 0 aromatic carbocycles. The normalized spacial score (nSPS) is 33.6. The van der Waals surface area contributed by atoms with Crippen molar-refractivity contribution < 1.29 is 48.3 Å². The number of hydrogen-bond acceptors (Lipinski definition) is 10. The Balaban J connectivity index is 1.29. The summed E-state index contributed by atoms with van der Waals surface area (Å²) in [7, 11) is 0. The average Bonchev–Trinajstić information content (AvgIpc) is 4.07. The standard InChI is InChI=1S/C54H90O10/c1-10-12-14-16-18-20-21-22-23-25-26-28-30-32-41(55)61-36-52-47(64-52)43-44-50(8,9)53(44,63-42(56)33-31-29-27-24-19-17-15-13-11-2)35-39(6)51(45(43)57)34-38(5)46(54(51,60)49(52)59)62-48(58)40(7)37(3)4/h34,37,39-40,43-44,46-47,49,59-60H,10-33,35-36H2,1-9H3/t39-,40-,43+,44-,46+,47-,49-,51+,52-,53+,54-/m1/s1. The maximum Gasteiger partial charge on any atom is 0.309 e. The van der Waals surface area contributed by atoms with Gasteiger partial charge in [0.25, 0.3) is 0 Å². The number of aliphatic hydroxyl groups is 2. The van der Waals surface area contributed by atoms with Crippen molar-refractivity contribution in [2.45, 2.75) is 258 Å². The number of epoxide rings is 1. The number of ether oxygens (including phenoxy) is 4. The van der Waals surface area contributed by atoms with Gasteiger partial charge in [0.1, 0.15) is 24.4 Å². The average molecular weight is 899 g/mol. The Bertz CT molecular complexity index is 1600. The molecule has 1 spiro atoms. The highest BCUT2D eigenvalue weighted by atomic mass is 16.7. The lowest BCUT2D eigenvalue weighted by Gasteiger charge is -2.50. The van der Waals surface area contributed by atoms with E-state index in [9.17, 15) is 24.6 Å². The van der Waals surface area contributed by atoms with E-state index in [4.69, 9.17) is 18.9 Å². The third-order valence-corrected chi connectivity index (χ3v) is 17.0. The molecule has 0 unspecified atom stereocenters. The van der Waals surface area contributed by atoms with Gasteiger partial charge < -0.3 is 29.2 Å². The Hall–Kier alpha value is -2.30. The summed E-state index contributed by atoms with van der Waals surface area (Å²) in [5.74, 6) is -4.15. The number of esters is 3. The summed E-state index contributed by atoms with van der Waals surface area (Å²) in [6.07, 6.45) is 24.1. The smallest absolute Gasteiger partial charge is 0.309 e. The topological polar surface area (TPSA) is 149 Å². The van der Waals surface area contributed by atoms with E-state index in [2.05, 4.69) is 13.8 Å². The third-order valence-electron chi connectivity index (χ3n) is 17.0. The van der Waals surface area contributed by atoms with Gasteiger partial charge in [-0.1, -0.05) is 190 Å². The summed E-state index contributed by atoms with van der Waals surface area (Å²) < 4.78 is 25.2. The molecule has 2 N–H and O–H groups in total. The Morgan fingerprint density at radius 2 is 1.23 bits per heavy atom. The Morgan fingerprint density at radius 3 is 1.72 bits per heavy atom. The summed E-state index contributed by atoms with van der Waals surface area (Å²) in [6.45, 7) is 17.4. The molecule has 10 nitrogen and oxygen atoms in total. The fraction of sp³-hybridized carbons (Fsp3) is 0.889. The van der Waals surface area contributed by atoms with E-state index in [1.807, 2.05) is 34.6 Å². The molecule has 4 aliphatic carbocycles. The van der Waals surface area contributed by atoms with Gasteiger partial charge in [-0.25, -0.2) is 0 Å². The van der Waals surface area contributed by atoms with Gasteiger partial charge in [0.2, 0.25) is 0 Å². The van der Waals surface area contributed by atoms with Crippen LogP contribution in [0.25, 0.3) is 0 Å². The third kappa shape index (κ3) is 10.5. The van der Waals surface area contributed by atoms with Crippen LogP contribution in [0.3, 0.4) is 0 Å². The molecular formula is C54H90O10. The second kappa shape index (κ2) is 22.7. The molecule has 5 aliphatic rings. The van der Waals surface area contributed by atoms with Crippen LogP contribution in [0.15, 0.2) is 11.6 Å². The van der Waals surface area contributed by atoms with Crippen molar-refractivity contribution in [3.8, 4) is 0 Å². The highest BCUT2D eigenvalue weighted by Gasteiger charge is 2.90. The SMILES string of the molecule is CCCCCCCCCCCCCCCC(=O)OC[C@@]12O[C@@H]1[C@@H]1C(=O)[C@]3(C=C(C)[C@H](OC(=O)[C@H](C)C(C)C)[C@@]3(O)[C@@H]2O)[C@H](C)C[C@]2(OC(=O)CCCCCCCCCCC)[C@H]1C2(C)C. The highest BCUT2D eigenvalue weighted by Crippen LogP contribution is 2.78. The number of fused-ring (bicyclic) bond motifs is 5. The summed E-state index contributed by atoms with van der Waals surface area (Å²) in [6, 6.07) is 0. The lowest BCUT2D eigenvalue weighted by Crippen LogP contribution is -2.68. The minimum absolute atomic E-state index is 0.0556. The number of carbonyl (C=O) groups is 4. The summed E-state index contributed by atoms with van der Waals surface area (Å²) in [4.78, 5) is 56.5. The van der Waals surface area contributed by atoms with Crippen LogP contribution >= 0.6 is 0 Å². The molecule has 1 aliphatic heterocycles. The molecule has 11 atom stereocenters.